The first-order valence-corrected chi connectivity index (χ1v) is 4.98. The van der Waals surface area contributed by atoms with Crippen molar-refractivity contribution in [2.24, 2.45) is 0 Å². The number of carboxylic acid groups (broad SMARTS) is 1. The molecule has 5 nitrogen and oxygen atoms in total. The highest BCUT2D eigenvalue weighted by atomic mass is 16.6. The second kappa shape index (κ2) is 4.29. The van der Waals surface area contributed by atoms with Crippen LogP contribution in [0.4, 0.5) is 0 Å². The zero-order valence-corrected chi connectivity index (χ0v) is 9.10. The van der Waals surface area contributed by atoms with Gasteiger partial charge < -0.3 is 13.9 Å². The molecular weight excluding hydrogens is 224 g/mol. The van der Waals surface area contributed by atoms with Crippen LogP contribution in [-0.2, 0) is 11.2 Å². The quantitative estimate of drug-likeness (QED) is 0.876. The summed E-state index contributed by atoms with van der Waals surface area (Å²) >= 11 is 0. The van der Waals surface area contributed by atoms with Gasteiger partial charge in [-0.15, -0.1) is 0 Å². The van der Waals surface area contributed by atoms with E-state index in [1.165, 1.54) is 0 Å². The Kier molecular flexibility index (Phi) is 2.82. The lowest BCUT2D eigenvalue weighted by molar-refractivity contribution is -0.136. The summed E-state index contributed by atoms with van der Waals surface area (Å²) in [5.41, 5.74) is 1.68. The number of benzene rings is 1. The van der Waals surface area contributed by atoms with Crippen molar-refractivity contribution in [3.63, 3.8) is 0 Å². The minimum Gasteiger partial charge on any atom is -0.481 e. The Hall–Kier alpha value is -2.30. The van der Waals surface area contributed by atoms with Crippen molar-refractivity contribution < 1.29 is 18.7 Å². The van der Waals surface area contributed by atoms with Gasteiger partial charge in [0.2, 0.25) is 0 Å². The standard InChI is InChI=1S/C12H10O5/c1-7-2-4-8(5-3-7)11-9(6-10(13)14)16-12(15)17-11/h2-5H,6H2,1H3,(H,13,14). The van der Waals surface area contributed by atoms with E-state index in [9.17, 15) is 9.59 Å². The molecule has 0 aliphatic rings. The third-order valence-electron chi connectivity index (χ3n) is 2.27. The van der Waals surface area contributed by atoms with Gasteiger partial charge in [-0.2, -0.15) is 0 Å². The fourth-order valence-corrected chi connectivity index (χ4v) is 1.49. The highest BCUT2D eigenvalue weighted by molar-refractivity contribution is 5.72. The van der Waals surface area contributed by atoms with Gasteiger partial charge in [-0.3, -0.25) is 4.79 Å². The third-order valence-corrected chi connectivity index (χ3v) is 2.27. The lowest BCUT2D eigenvalue weighted by Gasteiger charge is -1.98. The second-order valence-electron chi connectivity index (χ2n) is 3.64. The van der Waals surface area contributed by atoms with Gasteiger partial charge in [0, 0.05) is 5.56 Å². The van der Waals surface area contributed by atoms with Crippen LogP contribution < -0.4 is 5.82 Å². The molecule has 0 aliphatic carbocycles. The fourth-order valence-electron chi connectivity index (χ4n) is 1.49. The third kappa shape index (κ3) is 2.44. The van der Waals surface area contributed by atoms with E-state index in [-0.39, 0.29) is 17.9 Å². The van der Waals surface area contributed by atoms with Gasteiger partial charge in [0.1, 0.15) is 6.42 Å². The molecule has 17 heavy (non-hydrogen) atoms. The van der Waals surface area contributed by atoms with E-state index < -0.39 is 11.8 Å². The predicted octanol–water partition coefficient (Wildman–Crippen LogP) is 1.84. The van der Waals surface area contributed by atoms with Crippen molar-refractivity contribution in [3.8, 4) is 11.3 Å². The lowest BCUT2D eigenvalue weighted by Crippen LogP contribution is -2.00. The summed E-state index contributed by atoms with van der Waals surface area (Å²) < 4.78 is 9.56. The summed E-state index contributed by atoms with van der Waals surface area (Å²) in [7, 11) is 0. The van der Waals surface area contributed by atoms with Crippen LogP contribution in [0.5, 0.6) is 0 Å². The minimum absolute atomic E-state index is 0.0337. The Morgan fingerprint density at radius 2 is 1.88 bits per heavy atom. The lowest BCUT2D eigenvalue weighted by atomic mass is 10.1. The normalized spacial score (nSPS) is 10.4. The van der Waals surface area contributed by atoms with Gasteiger partial charge in [0.25, 0.3) is 0 Å². The first-order valence-electron chi connectivity index (χ1n) is 4.98. The molecule has 5 heteroatoms. The summed E-state index contributed by atoms with van der Waals surface area (Å²) in [6, 6.07) is 7.17. The van der Waals surface area contributed by atoms with Gasteiger partial charge >= 0.3 is 11.8 Å². The van der Waals surface area contributed by atoms with Gasteiger partial charge in [-0.1, -0.05) is 29.8 Å². The van der Waals surface area contributed by atoms with Crippen LogP contribution in [0.25, 0.3) is 11.3 Å². The summed E-state index contributed by atoms with van der Waals surface area (Å²) in [4.78, 5) is 21.6. The monoisotopic (exact) mass is 234 g/mol. The van der Waals surface area contributed by atoms with Crippen molar-refractivity contribution in [1.82, 2.24) is 0 Å². The van der Waals surface area contributed by atoms with Crippen LogP contribution in [0, 0.1) is 6.92 Å². The van der Waals surface area contributed by atoms with Crippen molar-refractivity contribution in [1.29, 1.82) is 0 Å². The Balaban J connectivity index is 2.47. The zero-order chi connectivity index (χ0) is 12.4. The molecule has 0 radical (unpaired) electrons. The molecule has 0 bridgehead atoms. The molecule has 0 unspecified atom stereocenters. The maximum absolute atomic E-state index is 11.0. The molecule has 2 aromatic rings. The van der Waals surface area contributed by atoms with Crippen LogP contribution in [0.2, 0.25) is 0 Å². The SMILES string of the molecule is Cc1ccc(-c2oc(=O)oc2CC(=O)O)cc1. The van der Waals surface area contributed by atoms with E-state index >= 15 is 0 Å². The first-order chi connectivity index (χ1) is 8.06. The molecule has 1 aromatic heterocycles. The van der Waals surface area contributed by atoms with Crippen LogP contribution >= 0.6 is 0 Å². The number of rotatable bonds is 3. The maximum Gasteiger partial charge on any atom is 0.519 e. The van der Waals surface area contributed by atoms with E-state index in [2.05, 4.69) is 0 Å². The van der Waals surface area contributed by atoms with Crippen LogP contribution in [0.1, 0.15) is 11.3 Å². The molecule has 1 aromatic carbocycles. The van der Waals surface area contributed by atoms with Gasteiger partial charge in [-0.05, 0) is 6.92 Å². The van der Waals surface area contributed by atoms with Crippen molar-refractivity contribution in [2.45, 2.75) is 13.3 Å². The molecule has 1 N–H and O–H groups in total. The fraction of sp³-hybridized carbons (Fsp3) is 0.167. The molecule has 0 atom stereocenters. The van der Waals surface area contributed by atoms with E-state index in [1.807, 2.05) is 19.1 Å². The Labute approximate surface area is 96.3 Å². The topological polar surface area (TPSA) is 80.7 Å². The number of carbonyl (C=O) groups is 1. The molecular formula is C12H10O5. The molecule has 1 heterocycles. The first kappa shape index (κ1) is 11.2. The average molecular weight is 234 g/mol. The smallest absolute Gasteiger partial charge is 0.481 e. The van der Waals surface area contributed by atoms with Crippen molar-refractivity contribution in [3.05, 3.63) is 46.2 Å². The van der Waals surface area contributed by atoms with Crippen LogP contribution in [-0.4, -0.2) is 11.1 Å². The number of aryl methyl sites for hydroxylation is 1. The number of aliphatic carboxylic acids is 1. The molecule has 2 rings (SSSR count). The molecule has 0 spiro atoms. The van der Waals surface area contributed by atoms with Crippen LogP contribution in [0.3, 0.4) is 0 Å². The molecule has 0 amide bonds. The molecule has 0 aliphatic heterocycles. The highest BCUT2D eigenvalue weighted by Crippen LogP contribution is 2.23. The average Bonchev–Trinajstić information content (AvgIpc) is 2.59. The summed E-state index contributed by atoms with van der Waals surface area (Å²) in [6.07, 6.45) is -0.380. The Morgan fingerprint density at radius 1 is 1.24 bits per heavy atom. The highest BCUT2D eigenvalue weighted by Gasteiger charge is 2.17. The molecule has 88 valence electrons. The number of carboxylic acids is 1. The predicted molar refractivity (Wildman–Crippen MR) is 58.8 cm³/mol. The van der Waals surface area contributed by atoms with Gasteiger partial charge in [0.15, 0.2) is 11.5 Å². The maximum atomic E-state index is 11.0. The van der Waals surface area contributed by atoms with Gasteiger partial charge in [0.05, 0.1) is 0 Å². The Bertz CT molecular complexity index is 588. The molecule has 0 saturated heterocycles. The van der Waals surface area contributed by atoms with E-state index in [0.717, 1.165) is 5.56 Å². The van der Waals surface area contributed by atoms with Crippen molar-refractivity contribution >= 4 is 5.97 Å². The zero-order valence-electron chi connectivity index (χ0n) is 9.10. The largest absolute Gasteiger partial charge is 0.519 e. The van der Waals surface area contributed by atoms with E-state index in [4.69, 9.17) is 13.9 Å². The van der Waals surface area contributed by atoms with E-state index in [1.54, 1.807) is 12.1 Å². The summed E-state index contributed by atoms with van der Waals surface area (Å²) in [6.45, 7) is 1.92. The van der Waals surface area contributed by atoms with E-state index in [0.29, 0.717) is 5.56 Å². The van der Waals surface area contributed by atoms with Crippen LogP contribution in [0.15, 0.2) is 37.9 Å². The number of hydrogen-bond acceptors (Lipinski definition) is 4. The summed E-state index contributed by atoms with van der Waals surface area (Å²) in [5, 5.41) is 8.69. The van der Waals surface area contributed by atoms with Crippen molar-refractivity contribution in [2.75, 3.05) is 0 Å². The number of hydrogen-bond donors (Lipinski definition) is 1. The second-order valence-corrected chi connectivity index (χ2v) is 3.64. The van der Waals surface area contributed by atoms with Gasteiger partial charge in [-0.25, -0.2) is 4.79 Å². The minimum atomic E-state index is -1.08. The molecule has 0 fully saturated rings. The molecule has 0 saturated carbocycles. The summed E-state index contributed by atoms with van der Waals surface area (Å²) in [5.74, 6) is -1.76. The Morgan fingerprint density at radius 3 is 2.47 bits per heavy atom.